The second-order valence-corrected chi connectivity index (χ2v) is 7.62. The minimum atomic E-state index is -5.58. The predicted octanol–water partition coefficient (Wildman–Crippen LogP) is 6.29. The number of rotatable bonds is 6. The highest BCUT2D eigenvalue weighted by Gasteiger charge is 2.67. The number of aliphatic carboxylic acids is 1. The number of halogens is 6. The van der Waals surface area contributed by atoms with Gasteiger partial charge in [-0.25, -0.2) is 4.79 Å². The van der Waals surface area contributed by atoms with Crippen LogP contribution in [0, 0.1) is 0 Å². The molecule has 0 aliphatic carbocycles. The molecule has 0 aliphatic heterocycles. The second kappa shape index (κ2) is 7.88. The summed E-state index contributed by atoms with van der Waals surface area (Å²) in [5, 5.41) is 8.91. The quantitative estimate of drug-likeness (QED) is 0.306. The average molecular weight is 505 g/mol. The Bertz CT molecular complexity index is 1170. The molecule has 0 fully saturated rings. The summed E-state index contributed by atoms with van der Waals surface area (Å²) in [6, 6.07) is 10.6. The van der Waals surface area contributed by atoms with Gasteiger partial charge in [-0.3, -0.25) is 4.79 Å². The van der Waals surface area contributed by atoms with Crippen molar-refractivity contribution in [2.24, 2.45) is 0 Å². The summed E-state index contributed by atoms with van der Waals surface area (Å²) < 4.78 is 56.3. The number of hydrogen-bond acceptors (Lipinski definition) is 2. The molecule has 0 saturated carbocycles. The van der Waals surface area contributed by atoms with Crippen molar-refractivity contribution in [2.75, 3.05) is 0 Å². The number of carbonyl (C=O) groups is 2. The van der Waals surface area contributed by atoms with E-state index in [0.717, 1.165) is 0 Å². The molecule has 0 aliphatic rings. The van der Waals surface area contributed by atoms with E-state index in [4.69, 9.17) is 16.7 Å². The first-order chi connectivity index (χ1) is 13.9. The van der Waals surface area contributed by atoms with Gasteiger partial charge in [-0.15, -0.1) is 0 Å². The number of fused-ring (bicyclic) bond motifs is 1. The Hall–Kier alpha value is -2.65. The maximum absolute atomic E-state index is 14.3. The van der Waals surface area contributed by atoms with E-state index in [1.54, 1.807) is 24.3 Å². The zero-order valence-corrected chi connectivity index (χ0v) is 17.1. The molecule has 1 heterocycles. The van der Waals surface area contributed by atoms with Gasteiger partial charge in [-0.05, 0) is 35.9 Å². The van der Waals surface area contributed by atoms with Gasteiger partial charge in [-0.1, -0.05) is 51.8 Å². The Kier molecular flexibility index (Phi) is 5.79. The van der Waals surface area contributed by atoms with E-state index >= 15 is 0 Å². The number of aromatic nitrogens is 1. The largest absolute Gasteiger partial charge is 0.477 e. The van der Waals surface area contributed by atoms with E-state index < -0.39 is 29.2 Å². The van der Waals surface area contributed by atoms with Gasteiger partial charge in [0.1, 0.15) is 0 Å². The molecule has 0 atom stereocenters. The maximum atomic E-state index is 14.3. The molecule has 4 nitrogen and oxygen atoms in total. The van der Waals surface area contributed by atoms with E-state index in [2.05, 4.69) is 20.9 Å². The molecule has 156 valence electrons. The Morgan fingerprint density at radius 2 is 1.63 bits per heavy atom. The number of benzene rings is 2. The Labute approximate surface area is 180 Å². The fourth-order valence-electron chi connectivity index (χ4n) is 2.75. The van der Waals surface area contributed by atoms with Crippen molar-refractivity contribution in [3.63, 3.8) is 0 Å². The van der Waals surface area contributed by atoms with Crippen molar-refractivity contribution < 1.29 is 32.3 Å². The minimum Gasteiger partial charge on any atom is -0.477 e. The Balaban J connectivity index is 2.17. The van der Waals surface area contributed by atoms with E-state index in [9.17, 15) is 27.2 Å². The van der Waals surface area contributed by atoms with Crippen LogP contribution in [-0.4, -0.2) is 33.7 Å². The third-order valence-corrected chi connectivity index (χ3v) is 5.02. The second-order valence-electron chi connectivity index (χ2n) is 6.27. The predicted molar refractivity (Wildman–Crippen MR) is 108 cm³/mol. The normalized spacial score (nSPS) is 12.6. The van der Waals surface area contributed by atoms with Crippen molar-refractivity contribution in [2.45, 2.75) is 11.8 Å². The summed E-state index contributed by atoms with van der Waals surface area (Å²) >= 11 is 9.00. The highest BCUT2D eigenvalue weighted by Crippen LogP contribution is 2.40. The molecule has 2 aromatic carbocycles. The van der Waals surface area contributed by atoms with Crippen molar-refractivity contribution in [3.05, 3.63) is 68.8 Å². The highest BCUT2D eigenvalue weighted by atomic mass is 79.9. The number of Topliss-reactive ketones (excluding diaryl/α,β-unsaturated/α-hetero) is 1. The average Bonchev–Trinajstić information content (AvgIpc) is 3.03. The maximum Gasteiger partial charge on any atom is 0.412 e. The molecule has 30 heavy (non-hydrogen) atoms. The zero-order chi connectivity index (χ0) is 22.3. The van der Waals surface area contributed by atoms with Crippen molar-refractivity contribution >= 4 is 62.3 Å². The molecule has 0 unspecified atom stereocenters. The molecule has 1 aromatic heterocycles. The third-order valence-electron chi connectivity index (χ3n) is 4.28. The van der Waals surface area contributed by atoms with Crippen LogP contribution in [0.4, 0.5) is 17.6 Å². The number of carboxylic acid groups (broad SMARTS) is 1. The van der Waals surface area contributed by atoms with Crippen LogP contribution < -0.4 is 0 Å². The fraction of sp³-hybridized carbons (Fsp3) is 0.100. The zero-order valence-electron chi connectivity index (χ0n) is 14.7. The van der Waals surface area contributed by atoms with Gasteiger partial charge < -0.3 is 10.1 Å². The lowest BCUT2D eigenvalue weighted by Crippen LogP contribution is -2.52. The van der Waals surface area contributed by atoms with Crippen LogP contribution in [0.25, 0.3) is 23.1 Å². The molecule has 3 aromatic rings. The lowest BCUT2D eigenvalue weighted by atomic mass is 9.97. The number of aromatic amines is 1. The minimum absolute atomic E-state index is 0.0557. The van der Waals surface area contributed by atoms with Crippen LogP contribution in [0.15, 0.2) is 46.9 Å². The first-order valence-electron chi connectivity index (χ1n) is 8.24. The van der Waals surface area contributed by atoms with E-state index in [1.807, 2.05) is 0 Å². The molecule has 0 spiro atoms. The standard InChI is InChI=1S/C20H11BrClF4NO3/c21-11-4-7-13-15(9-11)27-14(8-3-10-1-5-12(22)6-2-10)16(13)17(28)19(23,24)20(25,26)18(29)30/h1-9,27H,(H,29,30)/b8-3+. The number of alkyl halides is 4. The Morgan fingerprint density at radius 1 is 1.00 bits per heavy atom. The highest BCUT2D eigenvalue weighted by molar-refractivity contribution is 9.10. The van der Waals surface area contributed by atoms with Crippen LogP contribution in [-0.2, 0) is 4.79 Å². The molecule has 0 amide bonds. The number of ketones is 1. The summed E-state index contributed by atoms with van der Waals surface area (Å²) in [7, 11) is 0. The summed E-state index contributed by atoms with van der Waals surface area (Å²) in [6.07, 6.45) is 2.72. The number of H-pyrrole nitrogens is 1. The van der Waals surface area contributed by atoms with Crippen LogP contribution in [0.3, 0.4) is 0 Å². The lowest BCUT2D eigenvalue weighted by molar-refractivity contribution is -0.206. The van der Waals surface area contributed by atoms with E-state index in [-0.39, 0.29) is 16.6 Å². The molecule has 3 rings (SSSR count). The van der Waals surface area contributed by atoms with Gasteiger partial charge >= 0.3 is 17.8 Å². The number of carbonyl (C=O) groups excluding carboxylic acids is 1. The van der Waals surface area contributed by atoms with Crippen molar-refractivity contribution in [1.29, 1.82) is 0 Å². The summed E-state index contributed by atoms with van der Waals surface area (Å²) in [5.41, 5.74) is -0.101. The number of carboxylic acids is 1. The van der Waals surface area contributed by atoms with E-state index in [1.165, 1.54) is 30.4 Å². The fourth-order valence-corrected chi connectivity index (χ4v) is 3.23. The van der Waals surface area contributed by atoms with E-state index in [0.29, 0.717) is 15.1 Å². The Morgan fingerprint density at radius 3 is 2.23 bits per heavy atom. The molecule has 0 bridgehead atoms. The molecular weight excluding hydrogens is 494 g/mol. The molecule has 0 saturated heterocycles. The molecule has 0 radical (unpaired) electrons. The van der Waals surface area contributed by atoms with Gasteiger partial charge in [0.05, 0.1) is 11.3 Å². The first kappa shape index (κ1) is 22.0. The van der Waals surface area contributed by atoms with Gasteiger partial charge in [-0.2, -0.15) is 17.6 Å². The molecule has 2 N–H and O–H groups in total. The topological polar surface area (TPSA) is 70.2 Å². The first-order valence-corrected chi connectivity index (χ1v) is 9.41. The third kappa shape index (κ3) is 3.87. The van der Waals surface area contributed by atoms with Gasteiger partial charge in [0.15, 0.2) is 0 Å². The molecular formula is C20H11BrClF4NO3. The van der Waals surface area contributed by atoms with Crippen LogP contribution in [0.1, 0.15) is 21.6 Å². The number of hydrogen-bond donors (Lipinski definition) is 2. The van der Waals surface area contributed by atoms with Crippen LogP contribution >= 0.6 is 27.5 Å². The van der Waals surface area contributed by atoms with Crippen molar-refractivity contribution in [1.82, 2.24) is 4.98 Å². The summed E-state index contributed by atoms with van der Waals surface area (Å²) in [5.74, 6) is -16.5. The van der Waals surface area contributed by atoms with Gasteiger partial charge in [0.25, 0.3) is 0 Å². The molecule has 10 heteroatoms. The van der Waals surface area contributed by atoms with Gasteiger partial charge in [0, 0.05) is 20.4 Å². The van der Waals surface area contributed by atoms with Crippen LogP contribution in [0.5, 0.6) is 0 Å². The van der Waals surface area contributed by atoms with Crippen LogP contribution in [0.2, 0.25) is 5.02 Å². The summed E-state index contributed by atoms with van der Waals surface area (Å²) in [6.45, 7) is 0. The smallest absolute Gasteiger partial charge is 0.412 e. The summed E-state index contributed by atoms with van der Waals surface area (Å²) in [4.78, 5) is 25.9. The van der Waals surface area contributed by atoms with Crippen molar-refractivity contribution in [3.8, 4) is 0 Å². The lowest BCUT2D eigenvalue weighted by Gasteiger charge is -2.21. The monoisotopic (exact) mass is 503 g/mol. The number of nitrogens with one attached hydrogen (secondary N) is 1. The van der Waals surface area contributed by atoms with Gasteiger partial charge in [0.2, 0.25) is 5.78 Å². The SMILES string of the molecule is O=C(O)C(F)(F)C(F)(F)C(=O)c1c(/C=C/c2ccc(Cl)cc2)[nH]c2cc(Br)ccc12.